The van der Waals surface area contributed by atoms with E-state index in [4.69, 9.17) is 0 Å². The standard InChI is InChI=1S/2C15H4BF18N6.2C8H14.2Ag/c2*17-10(18,19)4-1-7(13(26,27)28)38(35-4)16(39-8(14(29,30)31)2-5(36-39)11(20,21)22)40-9(15(32,33)34)3-6(37-40)12(23,24)25;2*1-2-4-6-8-7-5-3-1;;/h2*1-3,16H;2*1-2H,3-8H2;;/q2*-1;;;2*+1/b;;2*2-1-;;. The monoisotopic (exact) mass is 1680 g/mol. The zero-order valence-corrected chi connectivity index (χ0v) is 50.2. The summed E-state index contributed by atoms with van der Waals surface area (Å²) in [5.41, 5.74) is -32.7. The first kappa shape index (κ1) is 86.1. The van der Waals surface area contributed by atoms with Crippen molar-refractivity contribution in [2.24, 2.45) is 0 Å². The van der Waals surface area contributed by atoms with Gasteiger partial charge in [0.05, 0.1) is 0 Å². The summed E-state index contributed by atoms with van der Waals surface area (Å²) < 4.78 is 474. The number of allylic oxidation sites excluding steroid dienone is 4. The average molecular weight is 1680 g/mol. The Bertz CT molecular complexity index is 3020. The van der Waals surface area contributed by atoms with Gasteiger partial charge in [0.25, 0.3) is 0 Å². The predicted molar refractivity (Wildman–Crippen MR) is 254 cm³/mol. The minimum atomic E-state index is -6.13. The Morgan fingerprint density at radius 1 is 0.204 bits per heavy atom. The maximum Gasteiger partial charge on any atom is 1.00 e. The van der Waals surface area contributed by atoms with Crippen LogP contribution in [0.5, 0.6) is 0 Å². The van der Waals surface area contributed by atoms with E-state index in [1.807, 2.05) is 0 Å². The van der Waals surface area contributed by atoms with E-state index in [0.717, 1.165) is 0 Å². The Kier molecular flexibility index (Phi) is 27.2. The van der Waals surface area contributed by atoms with Gasteiger partial charge >= 0.3 is 133 Å². The summed E-state index contributed by atoms with van der Waals surface area (Å²) in [6.45, 7) is 0. The average Bonchev–Trinajstić information content (AvgIpc) is 1.58. The van der Waals surface area contributed by atoms with Crippen molar-refractivity contribution in [3.8, 4) is 0 Å². The van der Waals surface area contributed by atoms with Gasteiger partial charge in [-0.25, -0.2) is 30.6 Å². The Labute approximate surface area is 553 Å². The van der Waals surface area contributed by atoms with Crippen LogP contribution in [0.1, 0.15) is 145 Å². The second-order valence-corrected chi connectivity index (χ2v) is 20.2. The molecule has 0 spiro atoms. The number of hydrogen-bond acceptors (Lipinski definition) is 6. The van der Waals surface area contributed by atoms with Gasteiger partial charge in [0, 0.05) is 0 Å². The molecule has 0 atom stereocenters. The Morgan fingerprint density at radius 3 is 0.429 bits per heavy atom. The van der Waals surface area contributed by atoms with Crippen molar-refractivity contribution >= 4 is 14.2 Å². The summed E-state index contributed by atoms with van der Waals surface area (Å²) in [5.74, 6) is 0. The van der Waals surface area contributed by atoms with Crippen LogP contribution in [0.15, 0.2) is 60.7 Å². The summed E-state index contributed by atoms with van der Waals surface area (Å²) in [6, 6.07) is -5.65. The molecule has 0 saturated carbocycles. The third-order valence-corrected chi connectivity index (χ3v) is 13.1. The third kappa shape index (κ3) is 22.4. The summed E-state index contributed by atoms with van der Waals surface area (Å²) in [7, 11) is -10.6. The van der Waals surface area contributed by atoms with Gasteiger partial charge in [0.15, 0.2) is 34.2 Å². The summed E-state index contributed by atoms with van der Waals surface area (Å²) in [6.07, 6.45) is -46.1. The fourth-order valence-electron chi connectivity index (χ4n) is 8.98. The van der Waals surface area contributed by atoms with Crippen molar-refractivity contribution in [3.63, 3.8) is 0 Å². The molecule has 0 radical (unpaired) electrons. The van der Waals surface area contributed by atoms with E-state index in [1.165, 1.54) is 77.0 Å². The summed E-state index contributed by atoms with van der Waals surface area (Å²) in [5, 5.41) is 13.7. The second kappa shape index (κ2) is 31.0. The fourth-order valence-corrected chi connectivity index (χ4v) is 8.98. The van der Waals surface area contributed by atoms with Crippen LogP contribution in [0.4, 0.5) is 158 Å². The van der Waals surface area contributed by atoms with Crippen LogP contribution in [0.3, 0.4) is 0 Å². The normalized spacial score (nSPS) is 16.1. The first-order chi connectivity index (χ1) is 43.3. The molecule has 0 amide bonds. The molecule has 52 heteroatoms. The van der Waals surface area contributed by atoms with Crippen LogP contribution in [-0.2, 0) is 119 Å². The van der Waals surface area contributed by atoms with Crippen LogP contribution < -0.4 is 0 Å². The Hall–Kier alpha value is -6.17. The number of rotatable bonds is 6. The van der Waals surface area contributed by atoms with Gasteiger partial charge in [-0.2, -0.15) is 158 Å². The topological polar surface area (TPSA) is 107 Å². The van der Waals surface area contributed by atoms with Crippen LogP contribution in [-0.4, -0.2) is 72.4 Å². The molecule has 560 valence electrons. The van der Waals surface area contributed by atoms with Crippen molar-refractivity contribution < 1.29 is 203 Å². The van der Waals surface area contributed by atoms with E-state index in [1.54, 1.807) is 0 Å². The molecule has 0 aliphatic heterocycles. The molecule has 6 aromatic heterocycles. The molecule has 6 aromatic rings. The number of alkyl halides is 36. The third-order valence-electron chi connectivity index (χ3n) is 13.1. The first-order valence-electron chi connectivity index (χ1n) is 26.3. The van der Waals surface area contributed by atoms with Gasteiger partial charge in [-0.05, 0) is 87.8 Å². The maximum absolute atomic E-state index is 13.6. The molecular weight excluding hydrogens is 1640 g/mol. The zero-order chi connectivity index (χ0) is 73.3. The largest absolute Gasteiger partial charge is 1.00 e. The van der Waals surface area contributed by atoms with E-state index in [-0.39, 0.29) is 44.8 Å². The summed E-state index contributed by atoms with van der Waals surface area (Å²) in [4.78, 5) is 0. The molecule has 0 unspecified atom stereocenters. The molecule has 0 N–H and O–H groups in total. The molecule has 2 aliphatic rings. The van der Waals surface area contributed by atoms with E-state index >= 15 is 0 Å². The Morgan fingerprint density at radius 2 is 0.327 bits per heavy atom. The van der Waals surface area contributed by atoms with Gasteiger partial charge in [-0.15, -0.1) is 0 Å². The number of aromatic nitrogens is 12. The molecule has 8 rings (SSSR count). The first-order valence-corrected chi connectivity index (χ1v) is 26.3. The van der Waals surface area contributed by atoms with Gasteiger partial charge in [-0.1, -0.05) is 50.0 Å². The van der Waals surface area contributed by atoms with Crippen LogP contribution >= 0.6 is 0 Å². The molecule has 98 heavy (non-hydrogen) atoms. The molecule has 0 aromatic carbocycles. The van der Waals surface area contributed by atoms with Gasteiger partial charge in [0.2, 0.25) is 0 Å². The quantitative estimate of drug-likeness (QED) is 0.0934. The molecule has 0 bridgehead atoms. The number of hydrogen-bond donors (Lipinski definition) is 0. The molecule has 6 heterocycles. The van der Waals surface area contributed by atoms with Gasteiger partial charge in [0.1, 0.15) is 34.2 Å². The SMILES string of the molecule is C1=C\CCCCCC/1.C1=C\CCCCCC/1.FC(F)(F)c1cc(C(F)(F)F)n([BH-](n2nc(C(F)(F)F)cc2C(F)(F)F)n2nc(C(F)(F)F)cc2C(F)(F)F)n1.FC(F)(F)c1cc(C(F)(F)F)n([BH-](n2nc(C(F)(F)F)cc2C(F)(F)F)n2nc(C(F)(F)F)cc2C(F)(F)F)n1.[Ag+].[Ag+]. The fraction of sp³-hybridized carbons (Fsp3) is 0.522. The molecule has 0 fully saturated rings. The number of halogens is 36. The Balaban J connectivity index is 0.000000407. The van der Waals surface area contributed by atoms with Crippen molar-refractivity contribution in [1.82, 2.24) is 58.1 Å². The van der Waals surface area contributed by atoms with E-state index < -0.39 is 221 Å². The number of nitrogens with zero attached hydrogens (tertiary/aromatic N) is 12. The molecule has 12 nitrogen and oxygen atoms in total. The van der Waals surface area contributed by atoms with Gasteiger partial charge in [-0.3, -0.25) is 0 Å². The minimum absolute atomic E-state index is 0. The smallest absolute Gasteiger partial charge is 0.392 e. The predicted octanol–water partition coefficient (Wildman–Crippen LogP) is 17.9. The van der Waals surface area contributed by atoms with Crippen molar-refractivity contribution in [1.29, 1.82) is 0 Å². The van der Waals surface area contributed by atoms with Crippen molar-refractivity contribution in [3.05, 3.63) is 129 Å². The van der Waals surface area contributed by atoms with E-state index in [9.17, 15) is 158 Å². The van der Waals surface area contributed by atoms with Crippen LogP contribution in [0.2, 0.25) is 0 Å². The minimum Gasteiger partial charge on any atom is -0.392 e. The van der Waals surface area contributed by atoms with Crippen LogP contribution in [0.25, 0.3) is 0 Å². The van der Waals surface area contributed by atoms with Gasteiger partial charge < -0.3 is 27.6 Å². The second-order valence-electron chi connectivity index (χ2n) is 20.2. The zero-order valence-electron chi connectivity index (χ0n) is 47.2. The maximum atomic E-state index is 13.6. The van der Waals surface area contributed by atoms with Crippen molar-refractivity contribution in [2.45, 2.75) is 151 Å². The molecular formula is C46H36Ag2B2F36N12. The van der Waals surface area contributed by atoms with E-state index in [0.29, 0.717) is 0 Å². The molecule has 2 aliphatic carbocycles. The molecule has 0 saturated heterocycles. The summed E-state index contributed by atoms with van der Waals surface area (Å²) >= 11 is 0. The van der Waals surface area contributed by atoms with Crippen molar-refractivity contribution in [2.75, 3.05) is 0 Å². The van der Waals surface area contributed by atoms with Crippen LogP contribution in [0, 0.1) is 0 Å². The van der Waals surface area contributed by atoms with E-state index in [2.05, 4.69) is 54.9 Å².